The highest BCUT2D eigenvalue weighted by atomic mass is 16.5. The largest absolute Gasteiger partial charge is 0.494 e. The van der Waals surface area contributed by atoms with Crippen LogP contribution in [0.5, 0.6) is 5.88 Å². The van der Waals surface area contributed by atoms with Gasteiger partial charge in [0, 0.05) is 55.6 Å². The second kappa shape index (κ2) is 13.6. The van der Waals surface area contributed by atoms with E-state index in [9.17, 15) is 19.5 Å². The summed E-state index contributed by atoms with van der Waals surface area (Å²) >= 11 is 0. The summed E-state index contributed by atoms with van der Waals surface area (Å²) in [7, 11) is 0. The molecule has 5 aliphatic rings. The van der Waals surface area contributed by atoms with Gasteiger partial charge in [-0.2, -0.15) is 0 Å². The maximum Gasteiger partial charge on any atom is 0.263 e. The molecule has 0 atom stereocenters. The van der Waals surface area contributed by atoms with Crippen LogP contribution in [0, 0.1) is 0 Å². The van der Waals surface area contributed by atoms with Gasteiger partial charge in [-0.25, -0.2) is 0 Å². The molecule has 11 heteroatoms. The summed E-state index contributed by atoms with van der Waals surface area (Å²) in [6, 6.07) is 11.7. The average Bonchev–Trinajstić information content (AvgIpc) is 3.83. The Labute approximate surface area is 284 Å². The smallest absolute Gasteiger partial charge is 0.263 e. The van der Waals surface area contributed by atoms with Crippen LogP contribution in [-0.2, 0) is 17.8 Å². The Morgan fingerprint density at radius 2 is 1.49 bits per heavy atom. The zero-order valence-electron chi connectivity index (χ0n) is 28.0. The van der Waals surface area contributed by atoms with Gasteiger partial charge in [0.15, 0.2) is 0 Å². The molecule has 2 aromatic carbocycles. The lowest BCUT2D eigenvalue weighted by Crippen LogP contribution is -2.37. The third-order valence-electron chi connectivity index (χ3n) is 10.7. The van der Waals surface area contributed by atoms with Crippen molar-refractivity contribution in [1.29, 1.82) is 0 Å². The third-order valence-corrected chi connectivity index (χ3v) is 10.7. The molecule has 4 aliphatic heterocycles. The quantitative estimate of drug-likeness (QED) is 0.219. The van der Waals surface area contributed by atoms with Crippen molar-refractivity contribution in [3.8, 4) is 28.1 Å². The van der Waals surface area contributed by atoms with Gasteiger partial charge in [-0.1, -0.05) is 18.2 Å². The van der Waals surface area contributed by atoms with E-state index >= 15 is 0 Å². The molecule has 49 heavy (non-hydrogen) atoms. The van der Waals surface area contributed by atoms with Gasteiger partial charge in [-0.15, -0.1) is 0 Å². The summed E-state index contributed by atoms with van der Waals surface area (Å²) in [5.74, 6) is -0.154. The number of hydrogen-bond acceptors (Lipinski definition) is 9. The number of nitrogens with one attached hydrogen (secondary N) is 1. The SMILES string of the molecule is O=c1[nH]c(=O)c2c(-c3cccc(CN4CCCC4)c3)cc3c(O)n(CCCN4CCOCC4)c(=O)c4c(=NCCN5CCCC5)cc1-c2c34. The molecular weight excluding hydrogens is 620 g/mol. The van der Waals surface area contributed by atoms with Crippen molar-refractivity contribution in [2.75, 3.05) is 72.1 Å². The van der Waals surface area contributed by atoms with Crippen molar-refractivity contribution in [2.24, 2.45) is 4.99 Å². The minimum atomic E-state index is -0.522. The highest BCUT2D eigenvalue weighted by Gasteiger charge is 2.28. The summed E-state index contributed by atoms with van der Waals surface area (Å²) in [6.45, 7) is 10.4. The van der Waals surface area contributed by atoms with Crippen LogP contribution < -0.4 is 22.0 Å². The van der Waals surface area contributed by atoms with Crippen molar-refractivity contribution in [2.45, 2.75) is 45.2 Å². The van der Waals surface area contributed by atoms with E-state index in [1.54, 1.807) is 6.07 Å². The number of benzene rings is 3. The monoisotopic (exact) mass is 664 g/mol. The molecule has 3 aromatic rings. The Morgan fingerprint density at radius 3 is 2.27 bits per heavy atom. The number of pyridine rings is 2. The van der Waals surface area contributed by atoms with Crippen LogP contribution in [0.2, 0.25) is 0 Å². The first-order valence-electron chi connectivity index (χ1n) is 17.9. The number of aromatic amines is 1. The molecule has 8 rings (SSSR count). The van der Waals surface area contributed by atoms with E-state index in [2.05, 4.69) is 31.8 Å². The molecule has 0 bridgehead atoms. The minimum Gasteiger partial charge on any atom is -0.494 e. The van der Waals surface area contributed by atoms with Crippen LogP contribution >= 0.6 is 0 Å². The van der Waals surface area contributed by atoms with Gasteiger partial charge in [0.2, 0.25) is 5.88 Å². The molecule has 3 saturated heterocycles. The lowest BCUT2D eigenvalue weighted by molar-refractivity contribution is 0.0368. The fourth-order valence-electron chi connectivity index (χ4n) is 8.23. The fourth-order valence-corrected chi connectivity index (χ4v) is 8.23. The molecule has 0 saturated carbocycles. The summed E-state index contributed by atoms with van der Waals surface area (Å²) < 4.78 is 6.95. The molecule has 0 amide bonds. The summed E-state index contributed by atoms with van der Waals surface area (Å²) in [5, 5.41) is 13.9. The average molecular weight is 665 g/mol. The Morgan fingerprint density at radius 1 is 0.755 bits per heavy atom. The number of morpholine rings is 1. The van der Waals surface area contributed by atoms with Gasteiger partial charge in [-0.05, 0) is 93.2 Å². The topological polar surface area (TPSA) is 123 Å². The van der Waals surface area contributed by atoms with Gasteiger partial charge >= 0.3 is 0 Å². The number of likely N-dealkylation sites (tertiary alicyclic amines) is 2. The number of ether oxygens (including phenoxy) is 1. The van der Waals surface area contributed by atoms with Crippen molar-refractivity contribution in [3.05, 3.63) is 78.4 Å². The van der Waals surface area contributed by atoms with Crippen molar-refractivity contribution in [3.63, 3.8) is 0 Å². The van der Waals surface area contributed by atoms with Gasteiger partial charge in [0.25, 0.3) is 16.7 Å². The first-order chi connectivity index (χ1) is 24.0. The lowest BCUT2D eigenvalue weighted by Gasteiger charge is -2.26. The maximum atomic E-state index is 14.4. The summed E-state index contributed by atoms with van der Waals surface area (Å²) in [6.07, 6.45) is 5.39. The highest BCUT2D eigenvalue weighted by molar-refractivity contribution is 6.19. The van der Waals surface area contributed by atoms with Crippen LogP contribution in [0.15, 0.2) is 55.8 Å². The van der Waals surface area contributed by atoms with Gasteiger partial charge in [-0.3, -0.25) is 38.7 Å². The first-order valence-corrected chi connectivity index (χ1v) is 17.9. The number of rotatable bonds is 10. The Balaban J connectivity index is 1.32. The Hall–Kier alpha value is -4.16. The van der Waals surface area contributed by atoms with Crippen LogP contribution in [0.1, 0.15) is 37.7 Å². The zero-order valence-corrected chi connectivity index (χ0v) is 28.0. The Kier molecular flexibility index (Phi) is 8.92. The van der Waals surface area contributed by atoms with E-state index in [1.165, 1.54) is 30.3 Å². The Bertz CT molecular complexity index is 2180. The van der Waals surface area contributed by atoms with Crippen LogP contribution in [-0.4, -0.2) is 101 Å². The number of aromatic nitrogens is 2. The molecule has 1 aliphatic carbocycles. The normalized spacial score (nSPS) is 18.7. The number of hydrogen-bond donors (Lipinski definition) is 2. The molecule has 3 fully saturated rings. The standard InChI is InChI=1S/C38H44N6O5/c45-35-28-23-30(39-9-16-41-10-1-2-11-41)34-32-29(37(47)44(38(34)48)15-6-14-42-17-19-49-20-18-42)22-27(33(31(28)32)36(46)40-35)26-8-5-7-25(21-26)24-43-12-3-4-13-43/h5,7-8,21-23,47H,1-4,6,9-20,24H2,(H,40,45,46). The minimum absolute atomic E-state index is 0.154. The van der Waals surface area contributed by atoms with Gasteiger partial charge < -0.3 is 14.7 Å². The summed E-state index contributed by atoms with van der Waals surface area (Å²) in [4.78, 5) is 56.3. The van der Waals surface area contributed by atoms with E-state index in [0.717, 1.165) is 70.0 Å². The molecule has 0 radical (unpaired) electrons. The number of H-pyrrole nitrogens is 1. The van der Waals surface area contributed by atoms with Crippen molar-refractivity contribution in [1.82, 2.24) is 24.3 Å². The molecule has 2 N–H and O–H groups in total. The summed E-state index contributed by atoms with van der Waals surface area (Å²) in [5.41, 5.74) is 1.90. The number of nitrogens with zero attached hydrogens (tertiary/aromatic N) is 5. The maximum absolute atomic E-state index is 14.4. The van der Waals surface area contributed by atoms with Crippen molar-refractivity contribution >= 4 is 21.5 Å². The van der Waals surface area contributed by atoms with Crippen molar-refractivity contribution < 1.29 is 9.84 Å². The van der Waals surface area contributed by atoms with E-state index in [-0.39, 0.29) is 11.4 Å². The highest BCUT2D eigenvalue weighted by Crippen LogP contribution is 2.42. The van der Waals surface area contributed by atoms with E-state index in [0.29, 0.717) is 76.3 Å². The number of aromatic hydroxyl groups is 1. The van der Waals surface area contributed by atoms with E-state index in [4.69, 9.17) is 9.73 Å². The predicted octanol–water partition coefficient (Wildman–Crippen LogP) is 2.87. The van der Waals surface area contributed by atoms with Gasteiger partial charge in [0.1, 0.15) is 0 Å². The lowest BCUT2D eigenvalue weighted by atomic mass is 9.86. The predicted molar refractivity (Wildman–Crippen MR) is 191 cm³/mol. The van der Waals surface area contributed by atoms with Crippen LogP contribution in [0.3, 0.4) is 0 Å². The molecular formula is C38H44N6O5. The van der Waals surface area contributed by atoms with Crippen LogP contribution in [0.25, 0.3) is 43.8 Å². The van der Waals surface area contributed by atoms with Gasteiger partial charge in [0.05, 0.1) is 41.5 Å². The van der Waals surface area contributed by atoms with E-state index < -0.39 is 11.1 Å². The third kappa shape index (κ3) is 6.14. The molecule has 0 unspecified atom stereocenters. The zero-order chi connectivity index (χ0) is 33.5. The molecule has 0 spiro atoms. The van der Waals surface area contributed by atoms with Crippen LogP contribution in [0.4, 0.5) is 0 Å². The fraction of sp³-hybridized carbons (Fsp3) is 0.474. The second-order valence-corrected chi connectivity index (χ2v) is 13.9. The molecule has 256 valence electrons. The molecule has 5 heterocycles. The second-order valence-electron chi connectivity index (χ2n) is 13.9. The molecule has 1 aromatic heterocycles. The first kappa shape index (κ1) is 32.1. The van der Waals surface area contributed by atoms with E-state index in [1.807, 2.05) is 18.2 Å². The molecule has 11 nitrogen and oxygen atoms in total.